The maximum atomic E-state index is 12.8. The molecule has 170 valence electrons. The average Bonchev–Trinajstić information content (AvgIpc) is 2.84. The van der Waals surface area contributed by atoms with Gasteiger partial charge in [0.2, 0.25) is 5.91 Å². The number of rotatable bonds is 6. The van der Waals surface area contributed by atoms with Crippen LogP contribution in [0.4, 0.5) is 17.2 Å². The molecule has 0 spiro atoms. The zero-order valence-electron chi connectivity index (χ0n) is 18.0. The monoisotopic (exact) mass is 465 g/mol. The van der Waals surface area contributed by atoms with Crippen LogP contribution in [-0.4, -0.2) is 41.2 Å². The van der Waals surface area contributed by atoms with Crippen molar-refractivity contribution in [2.45, 2.75) is 18.0 Å². The summed E-state index contributed by atoms with van der Waals surface area (Å²) in [6, 6.07) is 14.3. The number of ether oxygens (including phenoxy) is 1. The Bertz CT molecular complexity index is 1240. The Labute approximate surface area is 194 Å². The molecular weight excluding hydrogens is 442 g/mol. The molecule has 9 nitrogen and oxygen atoms in total. The third-order valence-electron chi connectivity index (χ3n) is 5.26. The molecule has 1 aliphatic heterocycles. The minimum absolute atomic E-state index is 0.0785. The van der Waals surface area contributed by atoms with E-state index in [9.17, 15) is 14.4 Å². The highest BCUT2D eigenvalue weighted by atomic mass is 32.2. The summed E-state index contributed by atoms with van der Waals surface area (Å²) in [5, 5.41) is 2.70. The quantitative estimate of drug-likeness (QED) is 0.377. The van der Waals surface area contributed by atoms with Crippen molar-refractivity contribution in [1.29, 1.82) is 0 Å². The van der Waals surface area contributed by atoms with Crippen molar-refractivity contribution < 1.29 is 14.3 Å². The zero-order valence-corrected chi connectivity index (χ0v) is 18.8. The van der Waals surface area contributed by atoms with Gasteiger partial charge in [0.25, 0.3) is 11.5 Å². The maximum Gasteiger partial charge on any atom is 0.277 e. The van der Waals surface area contributed by atoms with Crippen LogP contribution in [0.2, 0.25) is 0 Å². The predicted molar refractivity (Wildman–Crippen MR) is 128 cm³/mol. The maximum absolute atomic E-state index is 12.8. The fourth-order valence-electron chi connectivity index (χ4n) is 3.59. The molecular formula is C23H23N5O4S. The van der Waals surface area contributed by atoms with E-state index in [-0.39, 0.29) is 28.3 Å². The highest BCUT2D eigenvalue weighted by Crippen LogP contribution is 2.28. The Hall–Kier alpha value is -3.79. The predicted octanol–water partition coefficient (Wildman–Crippen LogP) is 2.68. The summed E-state index contributed by atoms with van der Waals surface area (Å²) in [6.45, 7) is 0.652. The van der Waals surface area contributed by atoms with Gasteiger partial charge >= 0.3 is 0 Å². The van der Waals surface area contributed by atoms with E-state index in [0.717, 1.165) is 35.9 Å². The van der Waals surface area contributed by atoms with Gasteiger partial charge in [-0.2, -0.15) is 0 Å². The van der Waals surface area contributed by atoms with Gasteiger partial charge in [0.1, 0.15) is 11.4 Å². The average molecular weight is 466 g/mol. The lowest BCUT2D eigenvalue weighted by Gasteiger charge is -2.29. The van der Waals surface area contributed by atoms with E-state index in [1.54, 1.807) is 29.2 Å². The highest BCUT2D eigenvalue weighted by molar-refractivity contribution is 7.99. The molecule has 1 aliphatic rings. The number of nitrogens with zero attached hydrogens (tertiary/aromatic N) is 2. The van der Waals surface area contributed by atoms with Crippen molar-refractivity contribution in [3.63, 3.8) is 0 Å². The number of anilines is 3. The van der Waals surface area contributed by atoms with Crippen molar-refractivity contribution in [1.82, 2.24) is 9.97 Å². The molecule has 10 heteroatoms. The number of para-hydroxylation sites is 1. The number of aromatic nitrogens is 2. The minimum Gasteiger partial charge on any atom is -0.497 e. The van der Waals surface area contributed by atoms with Crippen molar-refractivity contribution >= 4 is 40.8 Å². The molecule has 0 bridgehead atoms. The summed E-state index contributed by atoms with van der Waals surface area (Å²) in [5.41, 5.74) is 7.60. The van der Waals surface area contributed by atoms with Gasteiger partial charge in [0, 0.05) is 17.8 Å². The number of benzene rings is 2. The number of hydrogen-bond acceptors (Lipinski definition) is 7. The Balaban J connectivity index is 1.42. The third kappa shape index (κ3) is 5.01. The number of fused-ring (bicyclic) bond motifs is 1. The van der Waals surface area contributed by atoms with E-state index >= 15 is 0 Å². The zero-order chi connectivity index (χ0) is 23.4. The standard InChI is InChI=1S/C23H23N5O4S/c1-32-16-10-8-15(9-11-16)21(30)25-19-20(24)26-23(27-22(19)31)33-13-18(29)28-12-4-6-14-5-2-3-7-17(14)28/h2-3,5,7-11H,4,6,12-13H2,1H3,(H,25,30)(H3,24,26,27,31). The second kappa shape index (κ2) is 9.78. The Kier molecular flexibility index (Phi) is 6.64. The second-order valence-electron chi connectivity index (χ2n) is 7.38. The summed E-state index contributed by atoms with van der Waals surface area (Å²) in [6.07, 6.45) is 1.85. The van der Waals surface area contributed by atoms with Gasteiger partial charge in [-0.15, -0.1) is 0 Å². The van der Waals surface area contributed by atoms with E-state index in [1.807, 2.05) is 24.3 Å². The van der Waals surface area contributed by atoms with Crippen molar-refractivity contribution in [2.24, 2.45) is 0 Å². The molecule has 0 saturated heterocycles. The van der Waals surface area contributed by atoms with Gasteiger partial charge in [-0.25, -0.2) is 4.98 Å². The second-order valence-corrected chi connectivity index (χ2v) is 8.34. The van der Waals surface area contributed by atoms with Gasteiger partial charge in [0.05, 0.1) is 12.9 Å². The van der Waals surface area contributed by atoms with Gasteiger partial charge in [-0.05, 0) is 48.7 Å². The number of amides is 2. The molecule has 0 saturated carbocycles. The number of thioether (sulfide) groups is 1. The van der Waals surface area contributed by atoms with E-state index in [2.05, 4.69) is 15.3 Å². The summed E-state index contributed by atoms with van der Waals surface area (Å²) >= 11 is 1.09. The first kappa shape index (κ1) is 22.4. The number of hydrogen-bond donors (Lipinski definition) is 3. The molecule has 0 fully saturated rings. The van der Waals surface area contributed by atoms with Gasteiger partial charge in [-0.3, -0.25) is 19.4 Å². The first-order chi connectivity index (χ1) is 16.0. The van der Waals surface area contributed by atoms with Crippen molar-refractivity contribution in [3.8, 4) is 5.75 Å². The Morgan fingerprint density at radius 1 is 1.21 bits per heavy atom. The van der Waals surface area contributed by atoms with Crippen molar-refractivity contribution in [3.05, 3.63) is 70.0 Å². The summed E-state index contributed by atoms with van der Waals surface area (Å²) < 4.78 is 5.07. The number of methoxy groups -OCH3 is 1. The number of nitrogens with two attached hydrogens (primary N) is 1. The lowest BCUT2D eigenvalue weighted by atomic mass is 10.0. The van der Waals surface area contributed by atoms with E-state index < -0.39 is 11.5 Å². The number of nitrogen functional groups attached to an aromatic ring is 1. The number of aromatic amines is 1. The van der Waals surface area contributed by atoms with Crippen LogP contribution in [0.3, 0.4) is 0 Å². The number of aryl methyl sites for hydroxylation is 1. The largest absolute Gasteiger partial charge is 0.497 e. The molecule has 2 amide bonds. The normalized spacial score (nSPS) is 12.7. The molecule has 0 atom stereocenters. The van der Waals surface area contributed by atoms with Crippen molar-refractivity contribution in [2.75, 3.05) is 35.4 Å². The van der Waals surface area contributed by atoms with Crippen LogP contribution < -0.4 is 26.2 Å². The van der Waals surface area contributed by atoms with E-state index in [1.165, 1.54) is 7.11 Å². The fourth-order valence-corrected chi connectivity index (χ4v) is 4.33. The molecule has 0 aliphatic carbocycles. The SMILES string of the molecule is COc1ccc(C(=O)Nc2c(N)nc(SCC(=O)N3CCCc4ccccc43)[nH]c2=O)cc1. The van der Waals surface area contributed by atoms with Crippen LogP contribution in [0, 0.1) is 0 Å². The number of nitrogens with one attached hydrogen (secondary N) is 2. The molecule has 2 aromatic carbocycles. The van der Waals surface area contributed by atoms with Crippen LogP contribution in [-0.2, 0) is 11.2 Å². The Morgan fingerprint density at radius 2 is 1.97 bits per heavy atom. The lowest BCUT2D eigenvalue weighted by Crippen LogP contribution is -2.36. The molecule has 4 rings (SSSR count). The molecule has 0 unspecified atom stereocenters. The number of carbonyl (C=O) groups excluding carboxylic acids is 2. The molecule has 0 radical (unpaired) electrons. The summed E-state index contributed by atoms with van der Waals surface area (Å²) in [5.74, 6) is -0.0106. The number of H-pyrrole nitrogens is 1. The van der Waals surface area contributed by atoms with E-state index in [4.69, 9.17) is 10.5 Å². The molecule has 1 aromatic heterocycles. The topological polar surface area (TPSA) is 130 Å². The minimum atomic E-state index is -0.595. The first-order valence-electron chi connectivity index (χ1n) is 10.3. The lowest BCUT2D eigenvalue weighted by molar-refractivity contribution is -0.116. The third-order valence-corrected chi connectivity index (χ3v) is 6.12. The molecule has 3 aromatic rings. The molecule has 33 heavy (non-hydrogen) atoms. The first-order valence-corrected chi connectivity index (χ1v) is 11.3. The van der Waals surface area contributed by atoms with Gasteiger partial charge < -0.3 is 20.7 Å². The van der Waals surface area contributed by atoms with Crippen LogP contribution in [0.25, 0.3) is 0 Å². The summed E-state index contributed by atoms with van der Waals surface area (Å²) in [4.78, 5) is 46.3. The smallest absolute Gasteiger partial charge is 0.277 e. The molecule has 2 heterocycles. The fraction of sp³-hybridized carbons (Fsp3) is 0.217. The van der Waals surface area contributed by atoms with E-state index in [0.29, 0.717) is 17.9 Å². The number of carbonyl (C=O) groups is 2. The van der Waals surface area contributed by atoms with Crippen LogP contribution in [0.15, 0.2) is 58.5 Å². The highest BCUT2D eigenvalue weighted by Gasteiger charge is 2.22. The Morgan fingerprint density at radius 3 is 2.70 bits per heavy atom. The summed E-state index contributed by atoms with van der Waals surface area (Å²) in [7, 11) is 1.53. The van der Waals surface area contributed by atoms with Crippen LogP contribution in [0.5, 0.6) is 5.75 Å². The van der Waals surface area contributed by atoms with Crippen LogP contribution in [0.1, 0.15) is 22.3 Å². The molecule has 4 N–H and O–H groups in total. The van der Waals surface area contributed by atoms with Crippen LogP contribution >= 0.6 is 11.8 Å². The van der Waals surface area contributed by atoms with Gasteiger partial charge in [-0.1, -0.05) is 30.0 Å². The van der Waals surface area contributed by atoms with Gasteiger partial charge in [0.15, 0.2) is 11.0 Å².